The summed E-state index contributed by atoms with van der Waals surface area (Å²) in [5, 5.41) is 15.1. The molecule has 1 fully saturated rings. The molecule has 2 N–H and O–H groups in total. The maximum atomic E-state index is 13.6. The van der Waals surface area contributed by atoms with E-state index in [4.69, 9.17) is 5.10 Å². The van der Waals surface area contributed by atoms with Crippen molar-refractivity contribution in [3.63, 3.8) is 0 Å². The molecule has 3 aromatic rings. The van der Waals surface area contributed by atoms with Gasteiger partial charge in [0, 0.05) is 31.5 Å². The third-order valence-electron chi connectivity index (χ3n) is 7.49. The number of aromatic nitrogens is 4. The highest BCUT2D eigenvalue weighted by molar-refractivity contribution is 7.91. The van der Waals surface area contributed by atoms with Crippen molar-refractivity contribution in [1.82, 2.24) is 24.9 Å². The average molecular weight is 509 g/mol. The third kappa shape index (κ3) is 3.82. The normalized spacial score (nSPS) is 20.8. The molecule has 1 aromatic carbocycles. The summed E-state index contributed by atoms with van der Waals surface area (Å²) in [6.07, 6.45) is 5.59. The maximum Gasteiger partial charge on any atom is 0.257 e. The van der Waals surface area contributed by atoms with Crippen LogP contribution in [0.25, 0.3) is 5.82 Å². The Morgan fingerprint density at radius 3 is 2.69 bits per heavy atom. The lowest BCUT2D eigenvalue weighted by Crippen LogP contribution is -2.50. The molecule has 3 aliphatic rings. The number of hydrogen-bond acceptors (Lipinski definition) is 6. The van der Waals surface area contributed by atoms with Crippen molar-refractivity contribution in [2.24, 2.45) is 7.05 Å². The van der Waals surface area contributed by atoms with E-state index in [2.05, 4.69) is 33.9 Å². The van der Waals surface area contributed by atoms with Crippen molar-refractivity contribution in [1.29, 1.82) is 0 Å². The van der Waals surface area contributed by atoms with Gasteiger partial charge in [-0.15, -0.1) is 0 Å². The second-order valence-corrected chi connectivity index (χ2v) is 12.5. The third-order valence-corrected chi connectivity index (χ3v) is 8.28. The average Bonchev–Trinajstić information content (AvgIpc) is 3.41. The first-order chi connectivity index (χ1) is 17.0. The van der Waals surface area contributed by atoms with Crippen molar-refractivity contribution in [3.8, 4) is 5.82 Å². The zero-order valence-corrected chi connectivity index (χ0v) is 21.3. The number of aryl methyl sites for hydroxylation is 3. The molecule has 0 unspecified atom stereocenters. The lowest BCUT2D eigenvalue weighted by atomic mass is 9.82. The molecule has 6 rings (SSSR count). The van der Waals surface area contributed by atoms with Gasteiger partial charge in [0.2, 0.25) is 5.91 Å². The van der Waals surface area contributed by atoms with Crippen LogP contribution >= 0.6 is 0 Å². The minimum absolute atomic E-state index is 0.131. The van der Waals surface area contributed by atoms with Gasteiger partial charge in [-0.25, -0.2) is 8.42 Å². The monoisotopic (exact) mass is 508 g/mol. The molecule has 1 saturated carbocycles. The van der Waals surface area contributed by atoms with Crippen LogP contribution < -0.4 is 10.6 Å². The van der Waals surface area contributed by atoms with Crippen LogP contribution in [0.5, 0.6) is 0 Å². The van der Waals surface area contributed by atoms with Crippen LogP contribution in [0.4, 0.5) is 5.82 Å². The molecule has 2 amide bonds. The minimum atomic E-state index is -3.56. The Kier molecular flexibility index (Phi) is 4.95. The number of hydrogen-bond donors (Lipinski definition) is 2. The number of fused-ring (bicyclic) bond motifs is 3. The second-order valence-electron chi connectivity index (χ2n) is 10.4. The molecule has 0 bridgehead atoms. The van der Waals surface area contributed by atoms with Gasteiger partial charge in [-0.3, -0.25) is 14.3 Å². The summed E-state index contributed by atoms with van der Waals surface area (Å²) in [6.45, 7) is 1.88. The Balaban J connectivity index is 1.42. The number of carbonyl (C=O) groups excluding carboxylic acids is 2. The van der Waals surface area contributed by atoms with E-state index in [9.17, 15) is 18.0 Å². The molecule has 1 atom stereocenters. The van der Waals surface area contributed by atoms with Gasteiger partial charge in [0.05, 0.1) is 11.2 Å². The maximum absolute atomic E-state index is 13.6. The zero-order valence-electron chi connectivity index (χ0n) is 20.5. The highest BCUT2D eigenvalue weighted by atomic mass is 32.2. The van der Waals surface area contributed by atoms with E-state index in [1.165, 1.54) is 28.7 Å². The van der Waals surface area contributed by atoms with Gasteiger partial charge >= 0.3 is 0 Å². The minimum Gasteiger partial charge on any atom is -0.342 e. The molecule has 3 heterocycles. The Bertz CT molecular complexity index is 1530. The summed E-state index contributed by atoms with van der Waals surface area (Å²) in [4.78, 5) is 26.2. The van der Waals surface area contributed by atoms with Crippen molar-refractivity contribution >= 4 is 27.5 Å². The van der Waals surface area contributed by atoms with Gasteiger partial charge in [0.25, 0.3) is 5.91 Å². The summed E-state index contributed by atoms with van der Waals surface area (Å²) < 4.78 is 26.5. The Labute approximate surface area is 209 Å². The van der Waals surface area contributed by atoms with Gasteiger partial charge < -0.3 is 10.6 Å². The number of nitrogens with one attached hydrogen (secondary N) is 2. The smallest absolute Gasteiger partial charge is 0.257 e. The predicted octanol–water partition coefficient (Wildman–Crippen LogP) is 1.90. The van der Waals surface area contributed by atoms with Crippen LogP contribution in [-0.2, 0) is 40.1 Å². The van der Waals surface area contributed by atoms with E-state index < -0.39 is 27.0 Å². The fraction of sp³-hybridized carbons (Fsp3) is 0.440. The number of sulfone groups is 1. The van der Waals surface area contributed by atoms with Crippen molar-refractivity contribution in [2.75, 3.05) is 17.3 Å². The summed E-state index contributed by atoms with van der Waals surface area (Å²) in [7, 11) is -1.77. The molecule has 1 aliphatic heterocycles. The highest BCUT2D eigenvalue weighted by Crippen LogP contribution is 2.46. The SMILES string of the molecule is Cc1cc(-n2nc3c(c2NC(=O)CS(C)(=O)=O)C(=O)N[C@@]2(CCc4cc(C5CC5)ccc42)C3)nn1C. The van der Waals surface area contributed by atoms with Gasteiger partial charge in [-0.05, 0) is 55.2 Å². The molecule has 188 valence electrons. The highest BCUT2D eigenvalue weighted by Gasteiger charge is 2.47. The molecule has 11 heteroatoms. The topological polar surface area (TPSA) is 128 Å². The summed E-state index contributed by atoms with van der Waals surface area (Å²) in [5.74, 6) is -0.552. The van der Waals surface area contributed by atoms with Gasteiger partial charge in [0.15, 0.2) is 21.5 Å². The quantitative estimate of drug-likeness (QED) is 0.542. The number of nitrogens with zero attached hydrogens (tertiary/aromatic N) is 4. The van der Waals surface area contributed by atoms with Crippen LogP contribution in [0.15, 0.2) is 24.3 Å². The van der Waals surface area contributed by atoms with Crippen LogP contribution in [0.1, 0.15) is 63.6 Å². The zero-order chi connectivity index (χ0) is 25.4. The summed E-state index contributed by atoms with van der Waals surface area (Å²) in [5.41, 5.74) is 4.86. The molecular formula is C25H28N6O4S. The lowest BCUT2D eigenvalue weighted by Gasteiger charge is -2.35. The fourth-order valence-corrected chi connectivity index (χ4v) is 6.07. The van der Waals surface area contributed by atoms with Gasteiger partial charge in [-0.1, -0.05) is 18.2 Å². The van der Waals surface area contributed by atoms with Crippen LogP contribution in [0.3, 0.4) is 0 Å². The van der Waals surface area contributed by atoms with E-state index in [-0.39, 0.29) is 17.3 Å². The van der Waals surface area contributed by atoms with Crippen LogP contribution in [-0.4, -0.2) is 51.8 Å². The number of amides is 2. The largest absolute Gasteiger partial charge is 0.342 e. The van der Waals surface area contributed by atoms with Gasteiger partial charge in [-0.2, -0.15) is 14.9 Å². The van der Waals surface area contributed by atoms with E-state index in [0.29, 0.717) is 23.9 Å². The van der Waals surface area contributed by atoms with Crippen LogP contribution in [0, 0.1) is 6.92 Å². The second kappa shape index (κ2) is 7.76. The van der Waals surface area contributed by atoms with Crippen LogP contribution in [0.2, 0.25) is 0 Å². The molecule has 2 aliphatic carbocycles. The number of carbonyl (C=O) groups is 2. The molecule has 1 spiro atoms. The standard InChI is InChI=1S/C25H28N6O4S/c1-14-10-20(29-30(14)2)31-23(26-21(32)13-36(3,34)35)22-19(28-31)12-25(27-24(22)33)9-8-17-11-16(15-4-5-15)6-7-18(17)25/h6-7,10-11,15H,4-5,8-9,12-13H2,1-3H3,(H,26,32)(H,27,33)/t25-/m0/s1. The first-order valence-corrected chi connectivity index (χ1v) is 14.2. The number of rotatable bonds is 5. The molecule has 0 saturated heterocycles. The van der Waals surface area contributed by atoms with Crippen molar-refractivity contribution < 1.29 is 18.0 Å². The predicted molar refractivity (Wildman–Crippen MR) is 133 cm³/mol. The van der Waals surface area contributed by atoms with Crippen molar-refractivity contribution in [2.45, 2.75) is 50.5 Å². The van der Waals surface area contributed by atoms with E-state index >= 15 is 0 Å². The molecule has 0 radical (unpaired) electrons. The number of benzene rings is 1. The molecular weight excluding hydrogens is 480 g/mol. The molecule has 10 nitrogen and oxygen atoms in total. The van der Waals surface area contributed by atoms with Crippen molar-refractivity contribution in [3.05, 3.63) is 57.9 Å². The van der Waals surface area contributed by atoms with E-state index in [1.807, 2.05) is 6.92 Å². The lowest BCUT2D eigenvalue weighted by molar-refractivity contribution is -0.113. The fourth-order valence-electron chi connectivity index (χ4n) is 5.52. The summed E-state index contributed by atoms with van der Waals surface area (Å²) >= 11 is 0. The first-order valence-electron chi connectivity index (χ1n) is 12.1. The molecule has 36 heavy (non-hydrogen) atoms. The first kappa shape index (κ1) is 23.0. The Morgan fingerprint density at radius 2 is 2.03 bits per heavy atom. The molecule has 2 aromatic heterocycles. The Morgan fingerprint density at radius 1 is 1.25 bits per heavy atom. The Hall–Kier alpha value is -3.47. The van der Waals surface area contributed by atoms with E-state index in [0.717, 1.165) is 30.4 Å². The van der Waals surface area contributed by atoms with E-state index in [1.54, 1.807) is 17.8 Å². The summed E-state index contributed by atoms with van der Waals surface area (Å²) in [6, 6.07) is 8.41. The van der Waals surface area contributed by atoms with Gasteiger partial charge in [0.1, 0.15) is 11.3 Å². The number of anilines is 1.